The lowest BCUT2D eigenvalue weighted by atomic mass is 10.1. The van der Waals surface area contributed by atoms with E-state index in [1.54, 1.807) is 6.08 Å². The van der Waals surface area contributed by atoms with Crippen LogP contribution in [-0.2, 0) is 4.79 Å². The van der Waals surface area contributed by atoms with Crippen molar-refractivity contribution in [3.63, 3.8) is 0 Å². The Hall–Kier alpha value is -0.630. The second-order valence-electron chi connectivity index (χ2n) is 3.46. The molecule has 1 aliphatic carbocycles. The molecule has 0 aliphatic heterocycles. The van der Waals surface area contributed by atoms with Crippen LogP contribution in [0.5, 0.6) is 0 Å². The molecule has 0 spiro atoms. The zero-order valence-corrected chi connectivity index (χ0v) is 7.13. The molecule has 1 fully saturated rings. The van der Waals surface area contributed by atoms with E-state index in [0.29, 0.717) is 12.5 Å². The fourth-order valence-electron chi connectivity index (χ4n) is 1.25. The third-order valence-electron chi connectivity index (χ3n) is 2.02. The molecule has 0 aromatic heterocycles. The van der Waals surface area contributed by atoms with Gasteiger partial charge in [-0.3, -0.25) is 4.79 Å². The maximum absolute atomic E-state index is 11.3. The van der Waals surface area contributed by atoms with Crippen LogP contribution >= 0.6 is 0 Å². The molecule has 0 saturated heterocycles. The van der Waals surface area contributed by atoms with Gasteiger partial charge in [0.15, 0.2) is 5.78 Å². The first-order chi connectivity index (χ1) is 5.15. The van der Waals surface area contributed by atoms with Crippen LogP contribution in [0.15, 0.2) is 11.6 Å². The summed E-state index contributed by atoms with van der Waals surface area (Å²) in [6, 6.07) is 0. The normalized spacial score (nSPS) is 27.9. The summed E-state index contributed by atoms with van der Waals surface area (Å²) in [5, 5.41) is 0. The SMILES string of the molecule is CC(C)=CC(=O)[C@@H]1C[C@@H]1CN. The van der Waals surface area contributed by atoms with E-state index in [0.717, 1.165) is 12.0 Å². The fraction of sp³-hybridized carbons (Fsp3) is 0.667. The molecule has 62 valence electrons. The number of carbonyl (C=O) groups is 1. The maximum Gasteiger partial charge on any atom is 0.159 e. The van der Waals surface area contributed by atoms with E-state index in [4.69, 9.17) is 5.73 Å². The highest BCUT2D eigenvalue weighted by Crippen LogP contribution is 2.38. The molecule has 2 nitrogen and oxygen atoms in total. The Labute approximate surface area is 67.5 Å². The predicted molar refractivity (Wildman–Crippen MR) is 45.1 cm³/mol. The molecule has 0 unspecified atom stereocenters. The highest BCUT2D eigenvalue weighted by Gasteiger charge is 2.40. The summed E-state index contributed by atoms with van der Waals surface area (Å²) in [6.07, 6.45) is 2.72. The number of hydrogen-bond donors (Lipinski definition) is 1. The number of ketones is 1. The van der Waals surface area contributed by atoms with Gasteiger partial charge in [-0.2, -0.15) is 0 Å². The largest absolute Gasteiger partial charge is 0.330 e. The van der Waals surface area contributed by atoms with Crippen molar-refractivity contribution in [2.24, 2.45) is 17.6 Å². The minimum atomic E-state index is 0.245. The van der Waals surface area contributed by atoms with Gasteiger partial charge in [-0.15, -0.1) is 0 Å². The van der Waals surface area contributed by atoms with Gasteiger partial charge in [-0.25, -0.2) is 0 Å². The van der Waals surface area contributed by atoms with Crippen molar-refractivity contribution in [1.82, 2.24) is 0 Å². The fourth-order valence-corrected chi connectivity index (χ4v) is 1.25. The summed E-state index contributed by atoms with van der Waals surface area (Å²) in [7, 11) is 0. The number of carbonyl (C=O) groups excluding carboxylic acids is 1. The van der Waals surface area contributed by atoms with Crippen LogP contribution < -0.4 is 5.73 Å². The quantitative estimate of drug-likeness (QED) is 0.617. The van der Waals surface area contributed by atoms with Crippen molar-refractivity contribution in [3.05, 3.63) is 11.6 Å². The van der Waals surface area contributed by atoms with Crippen molar-refractivity contribution in [2.75, 3.05) is 6.54 Å². The van der Waals surface area contributed by atoms with Crippen molar-refractivity contribution in [1.29, 1.82) is 0 Å². The van der Waals surface area contributed by atoms with Gasteiger partial charge in [0.2, 0.25) is 0 Å². The van der Waals surface area contributed by atoms with E-state index in [1.165, 1.54) is 0 Å². The van der Waals surface area contributed by atoms with Crippen molar-refractivity contribution in [3.8, 4) is 0 Å². The van der Waals surface area contributed by atoms with Gasteiger partial charge in [0.25, 0.3) is 0 Å². The highest BCUT2D eigenvalue weighted by molar-refractivity contribution is 5.94. The zero-order chi connectivity index (χ0) is 8.43. The standard InChI is InChI=1S/C9H15NO/c1-6(2)3-9(11)8-4-7(8)5-10/h3,7-8H,4-5,10H2,1-2H3/t7-,8-/m1/s1. The summed E-state index contributed by atoms with van der Waals surface area (Å²) in [6.45, 7) is 4.54. The lowest BCUT2D eigenvalue weighted by molar-refractivity contribution is -0.116. The van der Waals surface area contributed by atoms with Crippen molar-refractivity contribution >= 4 is 5.78 Å². The first-order valence-electron chi connectivity index (χ1n) is 4.04. The smallest absolute Gasteiger partial charge is 0.159 e. The van der Waals surface area contributed by atoms with Gasteiger partial charge in [0, 0.05) is 5.92 Å². The molecular formula is C9H15NO. The van der Waals surface area contributed by atoms with Crippen LogP contribution in [0.4, 0.5) is 0 Å². The summed E-state index contributed by atoms with van der Waals surface area (Å²) in [5.41, 5.74) is 6.50. The molecule has 0 radical (unpaired) electrons. The minimum absolute atomic E-state index is 0.245. The predicted octanol–water partition coefficient (Wildman–Crippen LogP) is 1.12. The Balaban J connectivity index is 2.40. The second kappa shape index (κ2) is 3.18. The Morgan fingerprint density at radius 3 is 2.64 bits per heavy atom. The Bertz CT molecular complexity index is 192. The van der Waals surface area contributed by atoms with Gasteiger partial charge in [0.05, 0.1) is 0 Å². The molecule has 2 atom stereocenters. The lowest BCUT2D eigenvalue weighted by Crippen LogP contribution is -2.06. The number of hydrogen-bond acceptors (Lipinski definition) is 2. The molecule has 11 heavy (non-hydrogen) atoms. The van der Waals surface area contributed by atoms with Crippen LogP contribution in [0.25, 0.3) is 0 Å². The highest BCUT2D eigenvalue weighted by atomic mass is 16.1. The Kier molecular flexibility index (Phi) is 2.45. The molecular weight excluding hydrogens is 138 g/mol. The average Bonchev–Trinajstić information content (AvgIpc) is 2.63. The maximum atomic E-state index is 11.3. The Morgan fingerprint density at radius 2 is 2.27 bits per heavy atom. The van der Waals surface area contributed by atoms with Crippen LogP contribution in [0.1, 0.15) is 20.3 Å². The van der Waals surface area contributed by atoms with Crippen LogP contribution in [-0.4, -0.2) is 12.3 Å². The summed E-state index contributed by atoms with van der Waals surface area (Å²) in [5.74, 6) is 0.980. The van der Waals surface area contributed by atoms with E-state index in [9.17, 15) is 4.79 Å². The van der Waals surface area contributed by atoms with Crippen LogP contribution in [0.3, 0.4) is 0 Å². The van der Waals surface area contributed by atoms with Crippen molar-refractivity contribution in [2.45, 2.75) is 20.3 Å². The van der Waals surface area contributed by atoms with Gasteiger partial charge in [-0.1, -0.05) is 5.57 Å². The minimum Gasteiger partial charge on any atom is -0.330 e. The third-order valence-corrected chi connectivity index (χ3v) is 2.02. The summed E-state index contributed by atoms with van der Waals surface area (Å²) >= 11 is 0. The zero-order valence-electron chi connectivity index (χ0n) is 7.13. The first-order valence-corrected chi connectivity index (χ1v) is 4.04. The topological polar surface area (TPSA) is 43.1 Å². The van der Waals surface area contributed by atoms with E-state index in [1.807, 2.05) is 13.8 Å². The van der Waals surface area contributed by atoms with Crippen LogP contribution in [0, 0.1) is 11.8 Å². The molecule has 1 aliphatic rings. The van der Waals surface area contributed by atoms with Crippen LogP contribution in [0.2, 0.25) is 0 Å². The molecule has 0 amide bonds. The van der Waals surface area contributed by atoms with E-state index in [-0.39, 0.29) is 11.7 Å². The van der Waals surface area contributed by atoms with Gasteiger partial charge >= 0.3 is 0 Å². The number of rotatable bonds is 3. The molecule has 1 rings (SSSR count). The monoisotopic (exact) mass is 153 g/mol. The molecule has 0 heterocycles. The van der Waals surface area contributed by atoms with Gasteiger partial charge < -0.3 is 5.73 Å². The van der Waals surface area contributed by atoms with Crippen molar-refractivity contribution < 1.29 is 4.79 Å². The van der Waals surface area contributed by atoms with E-state index in [2.05, 4.69) is 0 Å². The molecule has 0 aromatic rings. The number of allylic oxidation sites excluding steroid dienone is 2. The molecule has 0 bridgehead atoms. The molecule has 2 heteroatoms. The molecule has 1 saturated carbocycles. The second-order valence-corrected chi connectivity index (χ2v) is 3.46. The number of nitrogens with two attached hydrogens (primary N) is 1. The lowest BCUT2D eigenvalue weighted by Gasteiger charge is -1.91. The first kappa shape index (κ1) is 8.47. The molecule has 0 aromatic carbocycles. The van der Waals surface area contributed by atoms with Gasteiger partial charge in [-0.05, 0) is 38.8 Å². The van der Waals surface area contributed by atoms with E-state index < -0.39 is 0 Å². The average molecular weight is 153 g/mol. The molecule has 2 N–H and O–H groups in total. The Morgan fingerprint density at radius 1 is 1.64 bits per heavy atom. The summed E-state index contributed by atoms with van der Waals surface area (Å²) < 4.78 is 0. The summed E-state index contributed by atoms with van der Waals surface area (Å²) in [4.78, 5) is 11.3. The van der Waals surface area contributed by atoms with Gasteiger partial charge in [0.1, 0.15) is 0 Å². The van der Waals surface area contributed by atoms with E-state index >= 15 is 0 Å². The third kappa shape index (κ3) is 2.15.